The van der Waals surface area contributed by atoms with E-state index in [-0.39, 0.29) is 23.0 Å². The molecule has 0 saturated heterocycles. The van der Waals surface area contributed by atoms with Gasteiger partial charge in [0.15, 0.2) is 0 Å². The van der Waals surface area contributed by atoms with Crippen LogP contribution in [0.3, 0.4) is 0 Å². The van der Waals surface area contributed by atoms with E-state index < -0.39 is 5.91 Å². The van der Waals surface area contributed by atoms with E-state index in [2.05, 4.69) is 20.3 Å². The fraction of sp³-hybridized carbons (Fsp3) is 0.133. The first kappa shape index (κ1) is 15.4. The lowest BCUT2D eigenvalue weighted by Crippen LogP contribution is -2.25. The number of nitrogen functional groups attached to an aromatic ring is 1. The lowest BCUT2D eigenvalue weighted by atomic mass is 10.2. The summed E-state index contributed by atoms with van der Waals surface area (Å²) in [5.74, 6) is 0.0783. The van der Waals surface area contributed by atoms with Crippen molar-refractivity contribution >= 4 is 28.7 Å². The van der Waals surface area contributed by atoms with E-state index in [1.807, 2.05) is 0 Å². The third-order valence-electron chi connectivity index (χ3n) is 3.45. The van der Waals surface area contributed by atoms with E-state index in [1.54, 1.807) is 18.2 Å². The minimum absolute atomic E-state index is 0.0625. The zero-order valence-electron chi connectivity index (χ0n) is 13.0. The van der Waals surface area contributed by atoms with Crippen molar-refractivity contribution in [1.29, 1.82) is 0 Å². The number of fused-ring (bicyclic) bond motifs is 1. The molecule has 1 amide bonds. The second-order valence-electron chi connectivity index (χ2n) is 4.94. The van der Waals surface area contributed by atoms with Crippen molar-refractivity contribution in [2.45, 2.75) is 0 Å². The van der Waals surface area contributed by atoms with Gasteiger partial charge in [0.2, 0.25) is 11.9 Å². The van der Waals surface area contributed by atoms with E-state index >= 15 is 0 Å². The van der Waals surface area contributed by atoms with E-state index in [0.717, 1.165) is 0 Å². The molecule has 0 unspecified atom stereocenters. The van der Waals surface area contributed by atoms with Crippen molar-refractivity contribution in [2.75, 3.05) is 18.2 Å². The number of nitrogens with one attached hydrogen (secondary N) is 1. The minimum Gasteiger partial charge on any atom is -0.494 e. The van der Waals surface area contributed by atoms with Gasteiger partial charge in [-0.15, -0.1) is 0 Å². The molecule has 0 spiro atoms. The lowest BCUT2D eigenvalue weighted by Gasteiger charge is -2.11. The monoisotopic (exact) mass is 326 g/mol. The number of carbonyl (C=O) groups is 1. The predicted octanol–water partition coefficient (Wildman–Crippen LogP) is 0.567. The maximum absolute atomic E-state index is 12.5. The summed E-state index contributed by atoms with van der Waals surface area (Å²) in [5.41, 5.74) is 5.65. The molecule has 2 aromatic heterocycles. The summed E-state index contributed by atoms with van der Waals surface area (Å²) in [6, 6.07) is 5.04. The molecule has 3 aromatic rings. The molecular weight excluding hydrogens is 312 g/mol. The van der Waals surface area contributed by atoms with Gasteiger partial charge >= 0.3 is 0 Å². The van der Waals surface area contributed by atoms with Gasteiger partial charge in [0.25, 0.3) is 11.5 Å². The van der Waals surface area contributed by atoms with Gasteiger partial charge in [-0.3, -0.25) is 19.5 Å². The first-order valence-electron chi connectivity index (χ1n) is 6.94. The van der Waals surface area contributed by atoms with Crippen LogP contribution >= 0.6 is 0 Å². The zero-order chi connectivity index (χ0) is 17.3. The third-order valence-corrected chi connectivity index (χ3v) is 3.45. The van der Waals surface area contributed by atoms with Crippen LogP contribution in [-0.4, -0.2) is 32.5 Å². The van der Waals surface area contributed by atoms with Crippen LogP contribution in [0.2, 0.25) is 0 Å². The van der Waals surface area contributed by atoms with Gasteiger partial charge in [-0.1, -0.05) is 6.07 Å². The summed E-state index contributed by atoms with van der Waals surface area (Å²) in [6.07, 6.45) is 2.58. The Morgan fingerprint density at radius 3 is 2.67 bits per heavy atom. The van der Waals surface area contributed by atoms with Crippen molar-refractivity contribution < 1.29 is 9.53 Å². The number of nitrogens with two attached hydrogens (primary N) is 1. The Labute approximate surface area is 136 Å². The van der Waals surface area contributed by atoms with Crippen molar-refractivity contribution in [2.24, 2.45) is 7.05 Å². The molecule has 0 aliphatic rings. The minimum atomic E-state index is -0.508. The molecule has 0 atom stereocenters. The quantitative estimate of drug-likeness (QED) is 0.720. The molecule has 0 saturated carbocycles. The Kier molecular flexibility index (Phi) is 3.82. The number of ether oxygens (including phenoxy) is 1. The molecule has 0 aliphatic carbocycles. The highest BCUT2D eigenvalue weighted by Crippen LogP contribution is 2.22. The Morgan fingerprint density at radius 1 is 1.29 bits per heavy atom. The van der Waals surface area contributed by atoms with Gasteiger partial charge in [-0.05, 0) is 12.1 Å². The maximum atomic E-state index is 12.5. The standard InChI is InChI=1S/C15H14N6O3/c1-21-13(23)9-4-3-5-10(24-2)11(9)19-15(21)20-12(22)8-6-17-14(16)18-7-8/h3-7H,1-2H3,(H2,16,17,18)(H,19,20,22). The normalized spacial score (nSPS) is 10.6. The average molecular weight is 326 g/mol. The van der Waals surface area contributed by atoms with E-state index in [9.17, 15) is 9.59 Å². The van der Waals surface area contributed by atoms with Gasteiger partial charge in [0.05, 0.1) is 18.1 Å². The Morgan fingerprint density at radius 2 is 2.00 bits per heavy atom. The summed E-state index contributed by atoms with van der Waals surface area (Å²) in [4.78, 5) is 36.6. The first-order chi connectivity index (χ1) is 11.5. The topological polar surface area (TPSA) is 125 Å². The number of benzene rings is 1. The molecule has 0 radical (unpaired) electrons. The van der Waals surface area contributed by atoms with Crippen LogP contribution in [0.1, 0.15) is 10.4 Å². The van der Waals surface area contributed by atoms with Gasteiger partial charge in [-0.25, -0.2) is 15.0 Å². The molecule has 3 rings (SSSR count). The van der Waals surface area contributed by atoms with Crippen LogP contribution in [0.25, 0.3) is 10.9 Å². The number of hydrogen-bond donors (Lipinski definition) is 2. The number of amides is 1. The number of para-hydroxylation sites is 1. The summed E-state index contributed by atoms with van der Waals surface area (Å²) in [6.45, 7) is 0. The van der Waals surface area contributed by atoms with Gasteiger partial charge in [0.1, 0.15) is 11.3 Å². The predicted molar refractivity (Wildman–Crippen MR) is 87.9 cm³/mol. The largest absolute Gasteiger partial charge is 0.494 e. The smallest absolute Gasteiger partial charge is 0.262 e. The molecule has 3 N–H and O–H groups in total. The molecule has 0 bridgehead atoms. The SMILES string of the molecule is COc1cccc2c(=O)n(C)c(NC(=O)c3cnc(N)nc3)nc12. The molecule has 122 valence electrons. The van der Waals surface area contributed by atoms with Crippen LogP contribution < -0.4 is 21.3 Å². The van der Waals surface area contributed by atoms with Gasteiger partial charge < -0.3 is 10.5 Å². The van der Waals surface area contributed by atoms with Crippen LogP contribution in [0.5, 0.6) is 5.75 Å². The first-order valence-corrected chi connectivity index (χ1v) is 6.94. The number of nitrogens with zero attached hydrogens (tertiary/aromatic N) is 4. The summed E-state index contributed by atoms with van der Waals surface area (Å²) < 4.78 is 6.47. The molecule has 24 heavy (non-hydrogen) atoms. The Balaban J connectivity index is 2.06. The maximum Gasteiger partial charge on any atom is 0.262 e. The molecule has 0 aliphatic heterocycles. The van der Waals surface area contributed by atoms with E-state index in [4.69, 9.17) is 10.5 Å². The number of methoxy groups -OCH3 is 1. The second-order valence-corrected chi connectivity index (χ2v) is 4.94. The van der Waals surface area contributed by atoms with Crippen molar-refractivity contribution in [1.82, 2.24) is 19.5 Å². The second kappa shape index (κ2) is 5.95. The third kappa shape index (κ3) is 2.62. The average Bonchev–Trinajstić information content (AvgIpc) is 2.59. The van der Waals surface area contributed by atoms with Crippen molar-refractivity contribution in [3.05, 3.63) is 46.5 Å². The van der Waals surface area contributed by atoms with Crippen LogP contribution in [-0.2, 0) is 7.05 Å². The Bertz CT molecular complexity index is 981. The van der Waals surface area contributed by atoms with E-state index in [1.165, 1.54) is 31.1 Å². The highest BCUT2D eigenvalue weighted by Gasteiger charge is 2.15. The van der Waals surface area contributed by atoms with Gasteiger partial charge in [-0.2, -0.15) is 0 Å². The molecule has 1 aromatic carbocycles. The molecule has 2 heterocycles. The summed E-state index contributed by atoms with van der Waals surface area (Å²) in [5, 5.41) is 2.96. The number of anilines is 2. The lowest BCUT2D eigenvalue weighted by molar-refractivity contribution is 0.102. The van der Waals surface area contributed by atoms with Gasteiger partial charge in [0, 0.05) is 19.4 Å². The molecular formula is C15H14N6O3. The van der Waals surface area contributed by atoms with Crippen LogP contribution in [0, 0.1) is 0 Å². The molecule has 9 heteroatoms. The molecule has 0 fully saturated rings. The Hall–Kier alpha value is -3.49. The number of aromatic nitrogens is 4. The van der Waals surface area contributed by atoms with Crippen molar-refractivity contribution in [3.8, 4) is 5.75 Å². The number of hydrogen-bond acceptors (Lipinski definition) is 7. The molecule has 9 nitrogen and oxygen atoms in total. The highest BCUT2D eigenvalue weighted by molar-refractivity contribution is 6.03. The summed E-state index contributed by atoms with van der Waals surface area (Å²) >= 11 is 0. The van der Waals surface area contributed by atoms with Crippen molar-refractivity contribution in [3.63, 3.8) is 0 Å². The van der Waals surface area contributed by atoms with Crippen LogP contribution in [0.15, 0.2) is 35.4 Å². The number of rotatable bonds is 3. The van der Waals surface area contributed by atoms with E-state index in [0.29, 0.717) is 16.7 Å². The fourth-order valence-corrected chi connectivity index (χ4v) is 2.17. The van der Waals surface area contributed by atoms with Crippen LogP contribution in [0.4, 0.5) is 11.9 Å². The number of carbonyl (C=O) groups excluding carboxylic acids is 1. The summed E-state index contributed by atoms with van der Waals surface area (Å²) in [7, 11) is 3.00. The highest BCUT2D eigenvalue weighted by atomic mass is 16.5. The fourth-order valence-electron chi connectivity index (χ4n) is 2.17. The zero-order valence-corrected chi connectivity index (χ0v) is 13.0.